The maximum absolute atomic E-state index is 13.7. The van der Waals surface area contributed by atoms with E-state index < -0.39 is 12.0 Å². The van der Waals surface area contributed by atoms with Crippen LogP contribution in [0, 0.1) is 6.92 Å². The van der Waals surface area contributed by atoms with E-state index in [0.717, 1.165) is 0 Å². The van der Waals surface area contributed by atoms with Gasteiger partial charge in [0.05, 0.1) is 31.4 Å². The summed E-state index contributed by atoms with van der Waals surface area (Å²) in [6.45, 7) is 4.55. The van der Waals surface area contributed by atoms with Gasteiger partial charge in [-0.3, -0.25) is 14.5 Å². The highest BCUT2D eigenvalue weighted by atomic mass is 32.1. The Kier molecular flexibility index (Phi) is 8.75. The number of carbonyl (C=O) groups excluding carboxylic acids is 3. The van der Waals surface area contributed by atoms with Gasteiger partial charge in [-0.05, 0) is 98.0 Å². The topological polar surface area (TPSA) is 88.2 Å². The minimum atomic E-state index is -0.759. The third kappa shape index (κ3) is 6.03. The van der Waals surface area contributed by atoms with Gasteiger partial charge in [0, 0.05) is 17.1 Å². The van der Waals surface area contributed by atoms with Crippen LogP contribution in [0.25, 0.3) is 0 Å². The molecule has 1 unspecified atom stereocenters. The van der Waals surface area contributed by atoms with Gasteiger partial charge in [0.25, 0.3) is 5.91 Å². The van der Waals surface area contributed by atoms with Crippen LogP contribution in [0.4, 0.5) is 11.4 Å². The molecular formula is C28H29N3O5S2. The number of hydrogen-bond acceptors (Lipinski definition) is 7. The summed E-state index contributed by atoms with van der Waals surface area (Å²) in [6.07, 6.45) is 0.634. The number of nitrogens with zero attached hydrogens (tertiary/aromatic N) is 2. The molecule has 2 amide bonds. The number of thiophene rings is 1. The number of esters is 1. The fraction of sp³-hybridized carbons (Fsp3) is 0.286. The second-order valence-electron chi connectivity index (χ2n) is 8.69. The Labute approximate surface area is 231 Å². The fourth-order valence-electron chi connectivity index (χ4n) is 4.23. The molecule has 0 radical (unpaired) electrons. The van der Waals surface area contributed by atoms with E-state index in [1.165, 1.54) is 15.3 Å². The Hall–Kier alpha value is -3.76. The summed E-state index contributed by atoms with van der Waals surface area (Å²) in [5.41, 5.74) is 2.71. The van der Waals surface area contributed by atoms with Crippen molar-refractivity contribution < 1.29 is 23.9 Å². The fourth-order valence-corrected chi connectivity index (χ4v) is 5.54. The number of aryl methyl sites for hydroxylation is 1. The molecule has 2 heterocycles. The van der Waals surface area contributed by atoms with Gasteiger partial charge in [-0.2, -0.15) is 0 Å². The number of amides is 2. The predicted molar refractivity (Wildman–Crippen MR) is 152 cm³/mol. The number of anilines is 2. The van der Waals surface area contributed by atoms with Gasteiger partial charge in [0.2, 0.25) is 5.91 Å². The van der Waals surface area contributed by atoms with E-state index in [-0.39, 0.29) is 24.8 Å². The van der Waals surface area contributed by atoms with Crippen LogP contribution in [0.1, 0.15) is 34.1 Å². The zero-order valence-corrected chi connectivity index (χ0v) is 23.1. The van der Waals surface area contributed by atoms with Crippen LogP contribution in [0.15, 0.2) is 60.0 Å². The smallest absolute Gasteiger partial charge is 0.338 e. The first-order valence-corrected chi connectivity index (χ1v) is 13.5. The third-order valence-corrected chi connectivity index (χ3v) is 7.76. The second kappa shape index (κ2) is 12.2. The maximum atomic E-state index is 13.7. The lowest BCUT2D eigenvalue weighted by Gasteiger charge is -2.24. The summed E-state index contributed by atoms with van der Waals surface area (Å²) in [6, 6.07) is 14.8. The van der Waals surface area contributed by atoms with Crippen LogP contribution >= 0.6 is 23.6 Å². The van der Waals surface area contributed by atoms with Crippen LogP contribution in [-0.4, -0.2) is 54.1 Å². The van der Waals surface area contributed by atoms with E-state index in [1.54, 1.807) is 73.9 Å². The predicted octanol–water partition coefficient (Wildman–Crippen LogP) is 4.82. The van der Waals surface area contributed by atoms with E-state index in [2.05, 4.69) is 18.3 Å². The second-order valence-corrected chi connectivity index (χ2v) is 10.1. The normalized spacial score (nSPS) is 15.1. The van der Waals surface area contributed by atoms with E-state index >= 15 is 0 Å². The van der Waals surface area contributed by atoms with E-state index in [9.17, 15) is 14.4 Å². The van der Waals surface area contributed by atoms with E-state index in [1.807, 2.05) is 10.3 Å². The van der Waals surface area contributed by atoms with Crippen molar-refractivity contribution >= 4 is 57.8 Å². The molecule has 10 heteroatoms. The van der Waals surface area contributed by atoms with Crippen molar-refractivity contribution in [3.05, 3.63) is 76.0 Å². The lowest BCUT2D eigenvalue weighted by molar-refractivity contribution is -0.124. The standard InChI is InChI=1S/C28H29N3O5S2/c1-4-36-27(34)19-5-9-21(10-6-19)31-26(33)23(17-25(32)29-20-7-11-22(35-3)12-8-20)30(28(31)37)15-13-24-18(2)14-16-38-24/h5-12,14,16,23H,4,13,15,17H2,1-3H3,(H,29,32). The average Bonchev–Trinajstić information content (AvgIpc) is 3.42. The van der Waals surface area contributed by atoms with Crippen LogP contribution in [0.3, 0.4) is 0 Å². The van der Waals surface area contributed by atoms with Crippen molar-refractivity contribution in [2.24, 2.45) is 0 Å². The molecule has 2 aromatic carbocycles. The molecule has 1 N–H and O–H groups in total. The molecule has 1 aliphatic rings. The molecule has 1 fully saturated rings. The van der Waals surface area contributed by atoms with Gasteiger partial charge in [-0.15, -0.1) is 11.3 Å². The van der Waals surface area contributed by atoms with Gasteiger partial charge in [-0.25, -0.2) is 4.79 Å². The lowest BCUT2D eigenvalue weighted by atomic mass is 10.1. The van der Waals surface area contributed by atoms with Gasteiger partial charge in [-0.1, -0.05) is 0 Å². The first-order chi connectivity index (χ1) is 18.3. The van der Waals surface area contributed by atoms with Crippen molar-refractivity contribution in [2.75, 3.05) is 30.5 Å². The number of rotatable bonds is 10. The number of nitrogens with one attached hydrogen (secondary N) is 1. The van der Waals surface area contributed by atoms with Crippen molar-refractivity contribution in [3.8, 4) is 5.75 Å². The molecule has 0 aliphatic carbocycles. The Morgan fingerprint density at radius 1 is 1.08 bits per heavy atom. The van der Waals surface area contributed by atoms with E-state index in [0.29, 0.717) is 40.8 Å². The zero-order valence-electron chi connectivity index (χ0n) is 21.4. The number of ether oxygens (including phenoxy) is 2. The number of methoxy groups -OCH3 is 1. The molecular weight excluding hydrogens is 522 g/mol. The molecule has 0 spiro atoms. The zero-order chi connectivity index (χ0) is 27.2. The Morgan fingerprint density at radius 3 is 2.39 bits per heavy atom. The third-order valence-electron chi connectivity index (χ3n) is 6.26. The summed E-state index contributed by atoms with van der Waals surface area (Å²) >= 11 is 7.42. The minimum absolute atomic E-state index is 0.0637. The van der Waals surface area contributed by atoms with Gasteiger partial charge in [0.1, 0.15) is 11.8 Å². The molecule has 8 nitrogen and oxygen atoms in total. The molecule has 3 aromatic rings. The molecule has 1 saturated heterocycles. The lowest BCUT2D eigenvalue weighted by Crippen LogP contribution is -2.39. The first-order valence-electron chi connectivity index (χ1n) is 12.2. The molecule has 1 atom stereocenters. The van der Waals surface area contributed by atoms with Gasteiger partial charge in [0.15, 0.2) is 5.11 Å². The molecule has 0 bridgehead atoms. The van der Waals surface area contributed by atoms with Crippen molar-refractivity contribution in [1.29, 1.82) is 0 Å². The highest BCUT2D eigenvalue weighted by molar-refractivity contribution is 7.80. The van der Waals surface area contributed by atoms with Crippen LogP contribution < -0.4 is 15.0 Å². The van der Waals surface area contributed by atoms with Crippen LogP contribution in [-0.2, 0) is 20.7 Å². The maximum Gasteiger partial charge on any atom is 0.338 e. The minimum Gasteiger partial charge on any atom is -0.497 e. The first kappa shape index (κ1) is 27.3. The van der Waals surface area contributed by atoms with E-state index in [4.69, 9.17) is 21.7 Å². The molecule has 1 aromatic heterocycles. The SMILES string of the molecule is CCOC(=O)c1ccc(N2C(=O)C(CC(=O)Nc3ccc(OC)cc3)N(CCc3sccc3C)C2=S)cc1. The highest BCUT2D eigenvalue weighted by Crippen LogP contribution is 2.29. The molecule has 4 rings (SSSR count). The molecule has 38 heavy (non-hydrogen) atoms. The summed E-state index contributed by atoms with van der Waals surface area (Å²) in [7, 11) is 1.57. The molecule has 1 aliphatic heterocycles. The largest absolute Gasteiger partial charge is 0.497 e. The average molecular weight is 552 g/mol. The van der Waals surface area contributed by atoms with Crippen molar-refractivity contribution in [1.82, 2.24) is 4.90 Å². The van der Waals surface area contributed by atoms with Gasteiger partial charge < -0.3 is 19.7 Å². The Bertz CT molecular complexity index is 1320. The highest BCUT2D eigenvalue weighted by Gasteiger charge is 2.44. The number of hydrogen-bond donors (Lipinski definition) is 1. The monoisotopic (exact) mass is 551 g/mol. The number of thiocarbonyl (C=S) groups is 1. The van der Waals surface area contributed by atoms with Crippen LogP contribution in [0.5, 0.6) is 5.75 Å². The Balaban J connectivity index is 1.55. The summed E-state index contributed by atoms with van der Waals surface area (Å²) in [5, 5.41) is 5.22. The number of benzene rings is 2. The molecule has 198 valence electrons. The summed E-state index contributed by atoms with van der Waals surface area (Å²) < 4.78 is 10.2. The molecule has 0 saturated carbocycles. The van der Waals surface area contributed by atoms with Gasteiger partial charge >= 0.3 is 5.97 Å². The van der Waals surface area contributed by atoms with Crippen LogP contribution in [0.2, 0.25) is 0 Å². The summed E-state index contributed by atoms with van der Waals surface area (Å²) in [5.74, 6) is -0.339. The van der Waals surface area contributed by atoms with Crippen molar-refractivity contribution in [3.63, 3.8) is 0 Å². The Morgan fingerprint density at radius 2 is 1.79 bits per heavy atom. The summed E-state index contributed by atoms with van der Waals surface area (Å²) in [4.78, 5) is 43.2. The number of carbonyl (C=O) groups is 3. The quantitative estimate of drug-likeness (QED) is 0.286. The van der Waals surface area contributed by atoms with Crippen molar-refractivity contribution in [2.45, 2.75) is 32.7 Å².